The third-order valence-electron chi connectivity index (χ3n) is 5.08. The molecular formula is C17H26N4. The van der Waals surface area contributed by atoms with Crippen molar-refractivity contribution in [2.24, 2.45) is 11.7 Å². The summed E-state index contributed by atoms with van der Waals surface area (Å²) in [5.41, 5.74) is 8.09. The lowest BCUT2D eigenvalue weighted by Gasteiger charge is -2.35. The first-order valence-corrected chi connectivity index (χ1v) is 8.13. The smallest absolute Gasteiger partial charge is 0.152 e. The first kappa shape index (κ1) is 14.4. The van der Waals surface area contributed by atoms with Crippen LogP contribution in [0.4, 0.5) is 5.82 Å². The zero-order chi connectivity index (χ0) is 14.8. The predicted octanol–water partition coefficient (Wildman–Crippen LogP) is 3.20. The maximum atomic E-state index is 5.98. The second-order valence-corrected chi connectivity index (χ2v) is 6.21. The molecule has 2 aromatic heterocycles. The fourth-order valence-corrected chi connectivity index (χ4v) is 3.62. The highest BCUT2D eigenvalue weighted by Gasteiger charge is 2.26. The van der Waals surface area contributed by atoms with E-state index < -0.39 is 0 Å². The summed E-state index contributed by atoms with van der Waals surface area (Å²) in [4.78, 5) is 7.17. The third kappa shape index (κ3) is 2.64. The zero-order valence-corrected chi connectivity index (χ0v) is 13.1. The van der Waals surface area contributed by atoms with Crippen molar-refractivity contribution >= 4 is 11.5 Å². The number of nitrogens with zero attached hydrogens (tertiary/aromatic N) is 3. The summed E-state index contributed by atoms with van der Waals surface area (Å²) < 4.78 is 2.11. The van der Waals surface area contributed by atoms with E-state index in [4.69, 9.17) is 10.7 Å². The van der Waals surface area contributed by atoms with Crippen molar-refractivity contribution < 1.29 is 0 Å². The standard InChI is InChI=1S/C17H26N4/c1-3-13-7-9-14(10-8-13)20(2)17-15(12-18)21-11-5-4-6-16(21)19-17/h4-6,11,13-14H,3,7-10,12,18H2,1-2H3. The van der Waals surface area contributed by atoms with Gasteiger partial charge in [0.2, 0.25) is 0 Å². The van der Waals surface area contributed by atoms with E-state index in [-0.39, 0.29) is 0 Å². The molecule has 0 atom stereocenters. The van der Waals surface area contributed by atoms with Gasteiger partial charge in [-0.05, 0) is 43.7 Å². The molecule has 1 aliphatic rings. The van der Waals surface area contributed by atoms with Crippen LogP contribution in [0.1, 0.15) is 44.7 Å². The van der Waals surface area contributed by atoms with Crippen molar-refractivity contribution in [1.82, 2.24) is 9.38 Å². The van der Waals surface area contributed by atoms with E-state index in [1.807, 2.05) is 18.2 Å². The van der Waals surface area contributed by atoms with E-state index in [1.165, 1.54) is 32.1 Å². The molecule has 1 fully saturated rings. The molecule has 21 heavy (non-hydrogen) atoms. The molecule has 0 radical (unpaired) electrons. The molecule has 2 N–H and O–H groups in total. The Bertz CT molecular complexity index is 596. The third-order valence-corrected chi connectivity index (χ3v) is 5.08. The maximum Gasteiger partial charge on any atom is 0.152 e. The van der Waals surface area contributed by atoms with Gasteiger partial charge in [-0.3, -0.25) is 0 Å². The minimum atomic E-state index is 0.523. The molecular weight excluding hydrogens is 260 g/mol. The summed E-state index contributed by atoms with van der Waals surface area (Å²) in [5.74, 6) is 1.98. The van der Waals surface area contributed by atoms with Crippen molar-refractivity contribution in [3.63, 3.8) is 0 Å². The minimum Gasteiger partial charge on any atom is -0.355 e. The Morgan fingerprint density at radius 1 is 1.29 bits per heavy atom. The first-order chi connectivity index (χ1) is 10.2. The number of imidazole rings is 1. The summed E-state index contributed by atoms with van der Waals surface area (Å²) in [6.07, 6.45) is 8.60. The second kappa shape index (κ2) is 6.06. The van der Waals surface area contributed by atoms with Crippen LogP contribution in [-0.4, -0.2) is 22.5 Å². The molecule has 3 rings (SSSR count). The van der Waals surface area contributed by atoms with E-state index in [9.17, 15) is 0 Å². The fourth-order valence-electron chi connectivity index (χ4n) is 3.62. The molecule has 4 nitrogen and oxygen atoms in total. The SMILES string of the molecule is CCC1CCC(N(C)c2nc3ccccn3c2CN)CC1. The molecule has 0 unspecified atom stereocenters. The molecule has 0 aromatic carbocycles. The fraction of sp³-hybridized carbons (Fsp3) is 0.588. The summed E-state index contributed by atoms with van der Waals surface area (Å²) in [6, 6.07) is 6.70. The monoisotopic (exact) mass is 286 g/mol. The Balaban J connectivity index is 1.86. The summed E-state index contributed by atoms with van der Waals surface area (Å²) in [7, 11) is 2.18. The molecule has 2 heterocycles. The molecule has 4 heteroatoms. The molecule has 2 aromatic rings. The van der Waals surface area contributed by atoms with Crippen molar-refractivity contribution in [1.29, 1.82) is 0 Å². The topological polar surface area (TPSA) is 46.6 Å². The van der Waals surface area contributed by atoms with Crippen LogP contribution in [0.5, 0.6) is 0 Å². The normalized spacial score (nSPS) is 22.6. The van der Waals surface area contributed by atoms with E-state index in [2.05, 4.69) is 29.5 Å². The highest BCUT2D eigenvalue weighted by molar-refractivity contribution is 5.56. The van der Waals surface area contributed by atoms with Crippen LogP contribution in [0.15, 0.2) is 24.4 Å². The quantitative estimate of drug-likeness (QED) is 0.939. The van der Waals surface area contributed by atoms with Crippen LogP contribution in [-0.2, 0) is 6.54 Å². The van der Waals surface area contributed by atoms with E-state index >= 15 is 0 Å². The molecule has 1 aliphatic carbocycles. The number of hydrogen-bond acceptors (Lipinski definition) is 3. The van der Waals surface area contributed by atoms with Gasteiger partial charge in [0, 0.05) is 25.8 Å². The van der Waals surface area contributed by atoms with Crippen LogP contribution in [0, 0.1) is 5.92 Å². The highest BCUT2D eigenvalue weighted by atomic mass is 15.2. The second-order valence-electron chi connectivity index (χ2n) is 6.21. The van der Waals surface area contributed by atoms with Crippen molar-refractivity contribution in [3.8, 4) is 0 Å². The lowest BCUT2D eigenvalue weighted by Crippen LogP contribution is -2.36. The summed E-state index contributed by atoms with van der Waals surface area (Å²) in [6.45, 7) is 2.83. The number of hydrogen-bond donors (Lipinski definition) is 1. The number of fused-ring (bicyclic) bond motifs is 1. The van der Waals surface area contributed by atoms with Gasteiger partial charge in [-0.25, -0.2) is 4.98 Å². The van der Waals surface area contributed by atoms with Crippen molar-refractivity contribution in [3.05, 3.63) is 30.1 Å². The molecule has 0 spiro atoms. The van der Waals surface area contributed by atoms with Crippen LogP contribution >= 0.6 is 0 Å². The van der Waals surface area contributed by atoms with Crippen LogP contribution in [0.3, 0.4) is 0 Å². The zero-order valence-electron chi connectivity index (χ0n) is 13.1. The number of pyridine rings is 1. The molecule has 0 amide bonds. The van der Waals surface area contributed by atoms with Crippen LogP contribution < -0.4 is 10.6 Å². The Hall–Kier alpha value is -1.55. The largest absolute Gasteiger partial charge is 0.355 e. The Kier molecular flexibility index (Phi) is 4.15. The van der Waals surface area contributed by atoms with Crippen LogP contribution in [0.2, 0.25) is 0 Å². The molecule has 1 saturated carbocycles. The Labute approximate surface area is 127 Å². The van der Waals surface area contributed by atoms with Gasteiger partial charge in [0.25, 0.3) is 0 Å². The minimum absolute atomic E-state index is 0.523. The average Bonchev–Trinajstić information content (AvgIpc) is 2.92. The van der Waals surface area contributed by atoms with E-state index in [1.54, 1.807) is 0 Å². The predicted molar refractivity (Wildman–Crippen MR) is 87.5 cm³/mol. The van der Waals surface area contributed by atoms with E-state index in [0.29, 0.717) is 12.6 Å². The number of aromatic nitrogens is 2. The van der Waals surface area contributed by atoms with Gasteiger partial charge >= 0.3 is 0 Å². The molecule has 114 valence electrons. The van der Waals surface area contributed by atoms with Crippen molar-refractivity contribution in [2.75, 3.05) is 11.9 Å². The molecule has 0 bridgehead atoms. The Morgan fingerprint density at radius 3 is 2.71 bits per heavy atom. The first-order valence-electron chi connectivity index (χ1n) is 8.13. The van der Waals surface area contributed by atoms with Crippen LogP contribution in [0.25, 0.3) is 5.65 Å². The molecule has 0 saturated heterocycles. The Morgan fingerprint density at radius 2 is 2.05 bits per heavy atom. The van der Waals surface area contributed by atoms with Crippen molar-refractivity contribution in [2.45, 2.75) is 51.6 Å². The van der Waals surface area contributed by atoms with Gasteiger partial charge in [0.1, 0.15) is 5.65 Å². The van der Waals surface area contributed by atoms with Gasteiger partial charge in [0.15, 0.2) is 5.82 Å². The average molecular weight is 286 g/mol. The van der Waals surface area contributed by atoms with Gasteiger partial charge in [-0.15, -0.1) is 0 Å². The summed E-state index contributed by atoms with van der Waals surface area (Å²) in [5, 5.41) is 0. The van der Waals surface area contributed by atoms with Gasteiger partial charge < -0.3 is 15.0 Å². The van der Waals surface area contributed by atoms with E-state index in [0.717, 1.165) is 23.1 Å². The molecule has 0 aliphatic heterocycles. The lowest BCUT2D eigenvalue weighted by atomic mass is 9.84. The van der Waals surface area contributed by atoms with Gasteiger partial charge in [-0.1, -0.05) is 19.4 Å². The summed E-state index contributed by atoms with van der Waals surface area (Å²) >= 11 is 0. The lowest BCUT2D eigenvalue weighted by molar-refractivity contribution is 0.313. The number of anilines is 1. The van der Waals surface area contributed by atoms with Gasteiger partial charge in [-0.2, -0.15) is 0 Å². The number of rotatable bonds is 4. The van der Waals surface area contributed by atoms with Gasteiger partial charge in [0.05, 0.1) is 5.69 Å². The maximum absolute atomic E-state index is 5.98. The number of nitrogens with two attached hydrogens (primary N) is 1. The highest BCUT2D eigenvalue weighted by Crippen LogP contribution is 2.32.